The largest absolute Gasteiger partial charge is 0.251 e. The number of aliphatic imine (C=N–C) groups is 2. The number of para-hydroxylation sites is 2. The minimum absolute atomic E-state index is 0.476. The third-order valence-corrected chi connectivity index (χ3v) is 5.66. The van der Waals surface area contributed by atoms with Crippen LogP contribution < -0.4 is 0 Å². The Morgan fingerprint density at radius 2 is 1.35 bits per heavy atom. The molecule has 0 aliphatic carbocycles. The fourth-order valence-electron chi connectivity index (χ4n) is 3.64. The van der Waals surface area contributed by atoms with E-state index in [2.05, 4.69) is 57.2 Å². The Labute approximate surface area is 187 Å². The maximum absolute atomic E-state index is 4.94. The van der Waals surface area contributed by atoms with Crippen LogP contribution in [0.1, 0.15) is 75.9 Å². The van der Waals surface area contributed by atoms with Crippen LogP contribution in [0.2, 0.25) is 0 Å². The van der Waals surface area contributed by atoms with Gasteiger partial charge < -0.3 is 0 Å². The maximum Gasteiger partial charge on any atom is 0.0849 e. The number of pyridine rings is 1. The van der Waals surface area contributed by atoms with Crippen molar-refractivity contribution < 1.29 is 0 Å². The summed E-state index contributed by atoms with van der Waals surface area (Å²) in [5.41, 5.74) is 8.21. The molecule has 0 radical (unpaired) electrons. The van der Waals surface area contributed by atoms with Crippen LogP contribution >= 0.6 is 0 Å². The number of aromatic nitrogens is 1. The number of benzene rings is 2. The minimum atomic E-state index is 0.476. The van der Waals surface area contributed by atoms with Gasteiger partial charge in [0, 0.05) is 0 Å². The van der Waals surface area contributed by atoms with Crippen molar-refractivity contribution in [2.24, 2.45) is 9.98 Å². The summed E-state index contributed by atoms with van der Waals surface area (Å²) in [5.74, 6) is 0.476. The van der Waals surface area contributed by atoms with Gasteiger partial charge in [0.15, 0.2) is 0 Å². The van der Waals surface area contributed by atoms with Gasteiger partial charge in [0.05, 0.1) is 34.2 Å². The molecule has 3 nitrogen and oxygen atoms in total. The highest BCUT2D eigenvalue weighted by molar-refractivity contribution is 6.02. The summed E-state index contributed by atoms with van der Waals surface area (Å²) in [5, 5.41) is 0. The van der Waals surface area contributed by atoms with Crippen LogP contribution in [-0.2, 0) is 6.42 Å². The molecule has 1 aromatic heterocycles. The van der Waals surface area contributed by atoms with E-state index in [0.717, 1.165) is 53.4 Å². The van der Waals surface area contributed by atoms with Crippen molar-refractivity contribution in [3.8, 4) is 0 Å². The van der Waals surface area contributed by atoms with E-state index in [-0.39, 0.29) is 0 Å². The SMILES string of the molecule is CCCc1ccccc1N=C(C)c1cccc(C(C)=Nc2ccccc2C(C)CC)n1. The zero-order chi connectivity index (χ0) is 22.2. The van der Waals surface area contributed by atoms with Crippen molar-refractivity contribution in [3.63, 3.8) is 0 Å². The Bertz CT molecular complexity index is 1080. The second-order valence-corrected chi connectivity index (χ2v) is 8.05. The van der Waals surface area contributed by atoms with Crippen molar-refractivity contribution in [1.82, 2.24) is 4.98 Å². The highest BCUT2D eigenvalue weighted by atomic mass is 14.8. The number of hydrogen-bond donors (Lipinski definition) is 0. The van der Waals surface area contributed by atoms with Crippen LogP contribution in [0.5, 0.6) is 0 Å². The normalized spacial score (nSPS) is 13.3. The molecule has 160 valence electrons. The van der Waals surface area contributed by atoms with Gasteiger partial charge in [0.25, 0.3) is 0 Å². The molecule has 1 heterocycles. The number of hydrogen-bond acceptors (Lipinski definition) is 3. The third-order valence-electron chi connectivity index (χ3n) is 5.66. The summed E-state index contributed by atoms with van der Waals surface area (Å²) in [6.07, 6.45) is 3.23. The lowest BCUT2D eigenvalue weighted by atomic mass is 9.97. The molecule has 1 atom stereocenters. The number of nitrogens with zero attached hydrogens (tertiary/aromatic N) is 3. The summed E-state index contributed by atoms with van der Waals surface area (Å²) in [6, 6.07) is 22.8. The molecule has 0 N–H and O–H groups in total. The standard InChI is InChI=1S/C28H33N3/c1-6-13-23-14-8-10-16-27(23)29-21(4)25-18-12-19-26(31-25)22(5)30-28-17-11-9-15-24(28)20(3)7-2/h8-12,14-20H,6-7,13H2,1-5H3. The minimum Gasteiger partial charge on any atom is -0.251 e. The molecule has 3 aromatic rings. The predicted molar refractivity (Wildman–Crippen MR) is 134 cm³/mol. The molecular formula is C28H33N3. The molecule has 3 heteroatoms. The first-order valence-corrected chi connectivity index (χ1v) is 11.3. The Hall–Kier alpha value is -3.07. The molecule has 31 heavy (non-hydrogen) atoms. The maximum atomic E-state index is 4.94. The molecule has 0 fully saturated rings. The monoisotopic (exact) mass is 411 g/mol. The molecular weight excluding hydrogens is 378 g/mol. The van der Waals surface area contributed by atoms with Gasteiger partial charge in [-0.3, -0.25) is 9.98 Å². The van der Waals surface area contributed by atoms with E-state index >= 15 is 0 Å². The average molecular weight is 412 g/mol. The van der Waals surface area contributed by atoms with Gasteiger partial charge in [0.2, 0.25) is 0 Å². The van der Waals surface area contributed by atoms with Crippen LogP contribution in [0.3, 0.4) is 0 Å². The third kappa shape index (κ3) is 5.75. The highest BCUT2D eigenvalue weighted by Crippen LogP contribution is 2.29. The summed E-state index contributed by atoms with van der Waals surface area (Å²) < 4.78 is 0. The van der Waals surface area contributed by atoms with Gasteiger partial charge in [0.1, 0.15) is 0 Å². The van der Waals surface area contributed by atoms with Gasteiger partial charge in [-0.15, -0.1) is 0 Å². The Morgan fingerprint density at radius 3 is 2.00 bits per heavy atom. The fourth-order valence-corrected chi connectivity index (χ4v) is 3.64. The Kier molecular flexibility index (Phi) is 7.88. The lowest BCUT2D eigenvalue weighted by Gasteiger charge is -2.12. The van der Waals surface area contributed by atoms with E-state index in [4.69, 9.17) is 15.0 Å². The molecule has 0 bridgehead atoms. The van der Waals surface area contributed by atoms with Gasteiger partial charge in [-0.25, -0.2) is 4.98 Å². The summed E-state index contributed by atoms with van der Waals surface area (Å²) in [4.78, 5) is 14.7. The molecule has 0 saturated heterocycles. The molecule has 0 spiro atoms. The second-order valence-electron chi connectivity index (χ2n) is 8.05. The van der Waals surface area contributed by atoms with Gasteiger partial charge in [-0.05, 0) is 68.0 Å². The average Bonchev–Trinajstić information content (AvgIpc) is 2.80. The van der Waals surface area contributed by atoms with Crippen LogP contribution in [0, 0.1) is 0 Å². The van der Waals surface area contributed by atoms with Gasteiger partial charge in [-0.2, -0.15) is 0 Å². The summed E-state index contributed by atoms with van der Waals surface area (Å²) in [7, 11) is 0. The first kappa shape index (κ1) is 22.6. The van der Waals surface area contributed by atoms with Crippen LogP contribution in [-0.4, -0.2) is 16.4 Å². The second kappa shape index (κ2) is 10.8. The van der Waals surface area contributed by atoms with E-state index < -0.39 is 0 Å². The lowest BCUT2D eigenvalue weighted by Crippen LogP contribution is -2.05. The molecule has 0 amide bonds. The lowest BCUT2D eigenvalue weighted by molar-refractivity contribution is 0.734. The van der Waals surface area contributed by atoms with Gasteiger partial charge in [-0.1, -0.05) is 69.7 Å². The molecule has 3 rings (SSSR count). The number of rotatable bonds is 8. The van der Waals surface area contributed by atoms with E-state index in [1.165, 1.54) is 11.1 Å². The smallest absolute Gasteiger partial charge is 0.0849 e. The predicted octanol–water partition coefficient (Wildman–Crippen LogP) is 7.83. The quantitative estimate of drug-likeness (QED) is 0.348. The van der Waals surface area contributed by atoms with Crippen LogP contribution in [0.25, 0.3) is 0 Å². The van der Waals surface area contributed by atoms with Crippen LogP contribution in [0.15, 0.2) is 76.7 Å². The molecule has 0 aliphatic rings. The molecule has 1 unspecified atom stereocenters. The van der Waals surface area contributed by atoms with Crippen molar-refractivity contribution in [2.75, 3.05) is 0 Å². The first-order chi connectivity index (χ1) is 15.0. The summed E-state index contributed by atoms with van der Waals surface area (Å²) in [6.45, 7) is 10.7. The zero-order valence-electron chi connectivity index (χ0n) is 19.4. The van der Waals surface area contributed by atoms with E-state index in [1.807, 2.05) is 44.2 Å². The van der Waals surface area contributed by atoms with E-state index in [1.54, 1.807) is 0 Å². The summed E-state index contributed by atoms with van der Waals surface area (Å²) >= 11 is 0. The topological polar surface area (TPSA) is 37.6 Å². The highest BCUT2D eigenvalue weighted by Gasteiger charge is 2.10. The van der Waals surface area contributed by atoms with E-state index in [9.17, 15) is 0 Å². The Morgan fingerprint density at radius 1 is 0.774 bits per heavy atom. The number of aryl methyl sites for hydroxylation is 1. The van der Waals surface area contributed by atoms with Crippen molar-refractivity contribution >= 4 is 22.8 Å². The van der Waals surface area contributed by atoms with Gasteiger partial charge >= 0.3 is 0 Å². The van der Waals surface area contributed by atoms with Crippen molar-refractivity contribution in [2.45, 2.75) is 59.8 Å². The zero-order valence-corrected chi connectivity index (χ0v) is 19.4. The molecule has 0 saturated carbocycles. The molecule has 0 aliphatic heterocycles. The van der Waals surface area contributed by atoms with Crippen molar-refractivity contribution in [1.29, 1.82) is 0 Å². The first-order valence-electron chi connectivity index (χ1n) is 11.3. The van der Waals surface area contributed by atoms with Crippen LogP contribution in [0.4, 0.5) is 11.4 Å². The Balaban J connectivity index is 1.93. The molecule has 2 aromatic carbocycles. The van der Waals surface area contributed by atoms with Crippen molar-refractivity contribution in [3.05, 3.63) is 89.2 Å². The van der Waals surface area contributed by atoms with E-state index in [0.29, 0.717) is 5.92 Å². The fraction of sp³-hybridized carbons (Fsp3) is 0.321.